The highest BCUT2D eigenvalue weighted by Gasteiger charge is 2.21. The molecule has 0 rings (SSSR count). The first-order valence-electron chi connectivity index (χ1n) is 6.17. The van der Waals surface area contributed by atoms with Gasteiger partial charge >= 0.3 is 5.97 Å². The van der Waals surface area contributed by atoms with Gasteiger partial charge in [-0.2, -0.15) is 0 Å². The summed E-state index contributed by atoms with van der Waals surface area (Å²) in [5, 5.41) is 11.3. The molecular formula is C12H22N2O4. The van der Waals surface area contributed by atoms with Crippen molar-refractivity contribution in [2.75, 3.05) is 0 Å². The smallest absolute Gasteiger partial charge is 0.326 e. The summed E-state index contributed by atoms with van der Waals surface area (Å²) in [6.07, 6.45) is 2.18. The van der Waals surface area contributed by atoms with Crippen molar-refractivity contribution < 1.29 is 19.5 Å². The van der Waals surface area contributed by atoms with E-state index in [0.29, 0.717) is 6.42 Å². The molecule has 0 spiro atoms. The molecule has 0 aliphatic rings. The molecule has 104 valence electrons. The van der Waals surface area contributed by atoms with E-state index in [9.17, 15) is 14.4 Å². The Morgan fingerprint density at radius 2 is 1.89 bits per heavy atom. The van der Waals surface area contributed by atoms with Crippen molar-refractivity contribution in [2.45, 2.75) is 52.0 Å². The SMILES string of the molecule is CCCC(C)CC(=O)N[C@@H](CCC(N)=O)C(=O)O. The Labute approximate surface area is 107 Å². The maximum absolute atomic E-state index is 11.6. The highest BCUT2D eigenvalue weighted by atomic mass is 16.4. The standard InChI is InChI=1S/C12H22N2O4/c1-3-4-8(2)7-11(16)14-9(12(17)18)5-6-10(13)15/h8-9H,3-7H2,1-2H3,(H2,13,15)(H,14,16)(H,17,18)/t8?,9-/m0/s1. The van der Waals surface area contributed by atoms with Crippen LogP contribution >= 0.6 is 0 Å². The Morgan fingerprint density at radius 1 is 1.28 bits per heavy atom. The fourth-order valence-electron chi connectivity index (χ4n) is 1.71. The van der Waals surface area contributed by atoms with Crippen molar-refractivity contribution in [3.05, 3.63) is 0 Å². The Morgan fingerprint density at radius 3 is 2.33 bits per heavy atom. The van der Waals surface area contributed by atoms with Crippen LogP contribution in [0.5, 0.6) is 0 Å². The zero-order valence-electron chi connectivity index (χ0n) is 10.9. The molecule has 0 aliphatic heterocycles. The quantitative estimate of drug-likeness (QED) is 0.564. The molecule has 0 aromatic heterocycles. The van der Waals surface area contributed by atoms with Gasteiger partial charge in [0.2, 0.25) is 11.8 Å². The van der Waals surface area contributed by atoms with Crippen molar-refractivity contribution in [3.63, 3.8) is 0 Å². The lowest BCUT2D eigenvalue weighted by atomic mass is 10.0. The van der Waals surface area contributed by atoms with Gasteiger partial charge in [-0.3, -0.25) is 9.59 Å². The maximum Gasteiger partial charge on any atom is 0.326 e. The summed E-state index contributed by atoms with van der Waals surface area (Å²) in [6.45, 7) is 3.98. The molecule has 0 bridgehead atoms. The molecule has 18 heavy (non-hydrogen) atoms. The lowest BCUT2D eigenvalue weighted by Gasteiger charge is -2.15. The average molecular weight is 258 g/mol. The van der Waals surface area contributed by atoms with Gasteiger partial charge in [0.05, 0.1) is 0 Å². The molecular weight excluding hydrogens is 236 g/mol. The minimum absolute atomic E-state index is 0.0264. The molecule has 0 fully saturated rings. The molecule has 0 aromatic rings. The second-order valence-electron chi connectivity index (χ2n) is 4.56. The van der Waals surface area contributed by atoms with Gasteiger partial charge in [-0.1, -0.05) is 26.7 Å². The molecule has 6 nitrogen and oxygen atoms in total. The highest BCUT2D eigenvalue weighted by Crippen LogP contribution is 2.10. The van der Waals surface area contributed by atoms with Crippen LogP contribution in [0.4, 0.5) is 0 Å². The van der Waals surface area contributed by atoms with Crippen LogP contribution in [0.25, 0.3) is 0 Å². The fourth-order valence-corrected chi connectivity index (χ4v) is 1.71. The number of rotatable bonds is 9. The molecule has 0 saturated carbocycles. The summed E-state index contributed by atoms with van der Waals surface area (Å²) >= 11 is 0. The molecule has 4 N–H and O–H groups in total. The van der Waals surface area contributed by atoms with Crippen LogP contribution in [0.1, 0.15) is 46.0 Å². The topological polar surface area (TPSA) is 109 Å². The van der Waals surface area contributed by atoms with Gasteiger partial charge in [0.25, 0.3) is 0 Å². The second-order valence-corrected chi connectivity index (χ2v) is 4.56. The maximum atomic E-state index is 11.6. The van der Waals surface area contributed by atoms with E-state index in [0.717, 1.165) is 12.8 Å². The van der Waals surface area contributed by atoms with Crippen LogP contribution in [-0.2, 0) is 14.4 Å². The number of primary amides is 1. The largest absolute Gasteiger partial charge is 0.480 e. The van der Waals surface area contributed by atoms with Crippen molar-refractivity contribution >= 4 is 17.8 Å². The third-order valence-corrected chi connectivity index (χ3v) is 2.63. The first-order chi connectivity index (χ1) is 8.36. The summed E-state index contributed by atoms with van der Waals surface area (Å²) in [4.78, 5) is 33.1. The van der Waals surface area contributed by atoms with Crippen molar-refractivity contribution in [1.82, 2.24) is 5.32 Å². The lowest BCUT2D eigenvalue weighted by Crippen LogP contribution is -2.41. The monoisotopic (exact) mass is 258 g/mol. The van der Waals surface area contributed by atoms with Crippen LogP contribution in [0, 0.1) is 5.92 Å². The third-order valence-electron chi connectivity index (χ3n) is 2.63. The van der Waals surface area contributed by atoms with Gasteiger partial charge in [-0.25, -0.2) is 4.79 Å². The van der Waals surface area contributed by atoms with Crippen LogP contribution in [0.15, 0.2) is 0 Å². The molecule has 0 radical (unpaired) electrons. The summed E-state index contributed by atoms with van der Waals surface area (Å²) in [5.41, 5.74) is 4.95. The van der Waals surface area contributed by atoms with Gasteiger partial charge in [0.1, 0.15) is 6.04 Å². The Balaban J connectivity index is 4.19. The zero-order valence-corrected chi connectivity index (χ0v) is 10.9. The normalized spacial score (nSPS) is 13.7. The van der Waals surface area contributed by atoms with E-state index in [2.05, 4.69) is 5.32 Å². The van der Waals surface area contributed by atoms with Crippen molar-refractivity contribution in [3.8, 4) is 0 Å². The van der Waals surface area contributed by atoms with Gasteiger partial charge in [-0.05, 0) is 12.3 Å². The van der Waals surface area contributed by atoms with E-state index in [-0.39, 0.29) is 24.7 Å². The average Bonchev–Trinajstić information content (AvgIpc) is 2.23. The zero-order chi connectivity index (χ0) is 14.1. The Bertz CT molecular complexity index is 304. The summed E-state index contributed by atoms with van der Waals surface area (Å²) < 4.78 is 0. The van der Waals surface area contributed by atoms with E-state index in [4.69, 9.17) is 10.8 Å². The number of carbonyl (C=O) groups is 3. The number of carboxylic acids is 1. The molecule has 0 heterocycles. The first kappa shape index (κ1) is 16.4. The molecule has 6 heteroatoms. The number of nitrogens with two attached hydrogens (primary N) is 1. The third kappa shape index (κ3) is 7.65. The minimum Gasteiger partial charge on any atom is -0.480 e. The number of amides is 2. The summed E-state index contributed by atoms with van der Waals surface area (Å²) in [7, 11) is 0. The predicted molar refractivity (Wildman–Crippen MR) is 66.7 cm³/mol. The predicted octanol–water partition coefficient (Wildman–Crippen LogP) is 0.648. The number of carboxylic acid groups (broad SMARTS) is 1. The Kier molecular flexibility index (Phi) is 7.74. The molecule has 2 amide bonds. The van der Waals surface area contributed by atoms with Gasteiger partial charge in [0, 0.05) is 12.8 Å². The van der Waals surface area contributed by atoms with Gasteiger partial charge in [-0.15, -0.1) is 0 Å². The van der Waals surface area contributed by atoms with Gasteiger partial charge in [0.15, 0.2) is 0 Å². The van der Waals surface area contributed by atoms with Crippen molar-refractivity contribution in [1.29, 1.82) is 0 Å². The number of hydrogen-bond acceptors (Lipinski definition) is 3. The van der Waals surface area contributed by atoms with E-state index in [1.165, 1.54) is 0 Å². The minimum atomic E-state index is -1.15. The van der Waals surface area contributed by atoms with Crippen LogP contribution in [-0.4, -0.2) is 28.9 Å². The number of hydrogen-bond donors (Lipinski definition) is 3. The van der Waals surface area contributed by atoms with Crippen LogP contribution < -0.4 is 11.1 Å². The fraction of sp³-hybridized carbons (Fsp3) is 0.750. The molecule has 0 saturated heterocycles. The summed E-state index contributed by atoms with van der Waals surface area (Å²) in [6, 6.07) is -1.04. The number of nitrogens with one attached hydrogen (secondary N) is 1. The lowest BCUT2D eigenvalue weighted by molar-refractivity contribution is -0.142. The number of aliphatic carboxylic acids is 1. The molecule has 1 unspecified atom stereocenters. The molecule has 0 aromatic carbocycles. The summed E-state index contributed by atoms with van der Waals surface area (Å²) in [5.74, 6) is -1.80. The number of carbonyl (C=O) groups excluding carboxylic acids is 2. The van der Waals surface area contributed by atoms with E-state index in [1.807, 2.05) is 13.8 Å². The second kappa shape index (κ2) is 8.49. The van der Waals surface area contributed by atoms with Gasteiger partial charge < -0.3 is 16.2 Å². The molecule has 2 atom stereocenters. The Hall–Kier alpha value is -1.59. The van der Waals surface area contributed by atoms with E-state index < -0.39 is 17.9 Å². The van der Waals surface area contributed by atoms with Crippen LogP contribution in [0.2, 0.25) is 0 Å². The van der Waals surface area contributed by atoms with Crippen molar-refractivity contribution in [2.24, 2.45) is 11.7 Å². The van der Waals surface area contributed by atoms with E-state index in [1.54, 1.807) is 0 Å². The molecule has 0 aliphatic carbocycles. The van der Waals surface area contributed by atoms with E-state index >= 15 is 0 Å². The first-order valence-corrected chi connectivity index (χ1v) is 6.17. The highest BCUT2D eigenvalue weighted by molar-refractivity contribution is 5.84. The van der Waals surface area contributed by atoms with Crippen LogP contribution in [0.3, 0.4) is 0 Å².